The first-order valence-corrected chi connectivity index (χ1v) is 14.2. The molecule has 0 aliphatic heterocycles. The smallest absolute Gasteiger partial charge is 0.246 e. The van der Waals surface area contributed by atoms with Gasteiger partial charge in [-0.2, -0.15) is 0 Å². The van der Waals surface area contributed by atoms with E-state index >= 15 is 0 Å². The van der Waals surface area contributed by atoms with E-state index in [1.54, 1.807) is 0 Å². The van der Waals surface area contributed by atoms with Crippen molar-refractivity contribution in [3.05, 3.63) is 0 Å². The molecule has 7 N–H and O–H groups in total. The third kappa shape index (κ3) is 20.1. The molecule has 40 heavy (non-hydrogen) atoms. The third-order valence-electron chi connectivity index (χ3n) is 6.31. The highest BCUT2D eigenvalue weighted by atomic mass is 16.5. The average molecular weight is 575 g/mol. The molecule has 0 radical (unpaired) electrons. The Kier molecular flexibility index (Phi) is 21.3. The molecule has 14 heteroatoms. The maximum Gasteiger partial charge on any atom is 0.246 e. The second kappa shape index (κ2) is 22.9. The second-order valence-electron chi connectivity index (χ2n) is 9.97. The molecule has 0 saturated carbocycles. The third-order valence-corrected chi connectivity index (χ3v) is 6.31. The molecule has 1 unspecified atom stereocenters. The Morgan fingerprint density at radius 3 is 1.70 bits per heavy atom. The molecule has 0 aliphatic rings. The standard InChI is InChI=1S/C26H50N6O8/c1-21(13-17-29-24(35)10-11-25(36)31(39)19-7-3-5-15-27)14-20-32(40)26(37)12-9-23(34)28-16-6-4-8-18-30(38)22(2)33/h21,38-40H,3-20,27H2,1-2H3,(H,28,34)(H,29,35). The number of nitrogens with one attached hydrogen (secondary N) is 2. The van der Waals surface area contributed by atoms with Gasteiger partial charge in [-0.1, -0.05) is 13.3 Å². The van der Waals surface area contributed by atoms with E-state index in [9.17, 15) is 39.6 Å². The normalized spacial score (nSPS) is 11.4. The maximum absolute atomic E-state index is 12.1. The van der Waals surface area contributed by atoms with Crippen LogP contribution < -0.4 is 16.4 Å². The summed E-state index contributed by atoms with van der Waals surface area (Å²) >= 11 is 0. The minimum Gasteiger partial charge on any atom is -0.356 e. The van der Waals surface area contributed by atoms with E-state index < -0.39 is 17.7 Å². The molecule has 232 valence electrons. The predicted octanol–water partition coefficient (Wildman–Crippen LogP) is 1.17. The summed E-state index contributed by atoms with van der Waals surface area (Å²) in [5.41, 5.74) is 5.40. The molecule has 0 aromatic heterocycles. The zero-order chi connectivity index (χ0) is 30.3. The Bertz CT molecular complexity index is 769. The molecule has 0 saturated heterocycles. The van der Waals surface area contributed by atoms with Crippen molar-refractivity contribution in [1.82, 2.24) is 25.8 Å². The fourth-order valence-electron chi connectivity index (χ4n) is 3.60. The predicted molar refractivity (Wildman–Crippen MR) is 146 cm³/mol. The zero-order valence-electron chi connectivity index (χ0n) is 24.1. The minimum absolute atomic E-state index is 0.0247. The molecule has 0 spiro atoms. The molecular formula is C26H50N6O8. The van der Waals surface area contributed by atoms with Crippen molar-refractivity contribution < 1.29 is 39.6 Å². The summed E-state index contributed by atoms with van der Waals surface area (Å²) in [5, 5.41) is 36.3. The molecule has 0 aromatic carbocycles. The van der Waals surface area contributed by atoms with Gasteiger partial charge in [0.25, 0.3) is 0 Å². The molecule has 0 fully saturated rings. The van der Waals surface area contributed by atoms with Crippen molar-refractivity contribution in [2.24, 2.45) is 11.7 Å². The summed E-state index contributed by atoms with van der Waals surface area (Å²) in [4.78, 5) is 58.7. The van der Waals surface area contributed by atoms with Crippen LogP contribution in [0.5, 0.6) is 0 Å². The van der Waals surface area contributed by atoms with Crippen LogP contribution in [0.4, 0.5) is 0 Å². The number of nitrogens with two attached hydrogens (primary N) is 1. The summed E-state index contributed by atoms with van der Waals surface area (Å²) in [6.45, 7) is 5.11. The first kappa shape index (κ1) is 37.2. The van der Waals surface area contributed by atoms with Gasteiger partial charge in [0.05, 0.1) is 0 Å². The lowest BCUT2D eigenvalue weighted by Gasteiger charge is -2.18. The lowest BCUT2D eigenvalue weighted by atomic mass is 10.0. The Morgan fingerprint density at radius 1 is 0.650 bits per heavy atom. The van der Waals surface area contributed by atoms with Crippen LogP contribution in [0, 0.1) is 5.92 Å². The van der Waals surface area contributed by atoms with E-state index in [0.29, 0.717) is 73.3 Å². The number of carbonyl (C=O) groups is 5. The van der Waals surface area contributed by atoms with Crippen LogP contribution >= 0.6 is 0 Å². The quantitative estimate of drug-likeness (QED) is 0.0587. The van der Waals surface area contributed by atoms with Gasteiger partial charge in [-0.25, -0.2) is 15.2 Å². The van der Waals surface area contributed by atoms with E-state index in [4.69, 9.17) is 5.73 Å². The van der Waals surface area contributed by atoms with Crippen molar-refractivity contribution in [1.29, 1.82) is 0 Å². The van der Waals surface area contributed by atoms with Crippen LogP contribution in [0.15, 0.2) is 0 Å². The molecule has 0 rings (SSSR count). The molecule has 0 heterocycles. The number of hydrogen-bond donors (Lipinski definition) is 6. The van der Waals surface area contributed by atoms with Gasteiger partial charge in [0.1, 0.15) is 0 Å². The lowest BCUT2D eigenvalue weighted by Crippen LogP contribution is -2.32. The van der Waals surface area contributed by atoms with Crippen molar-refractivity contribution in [3.63, 3.8) is 0 Å². The van der Waals surface area contributed by atoms with Crippen molar-refractivity contribution in [2.75, 3.05) is 39.3 Å². The number of nitrogens with zero attached hydrogens (tertiary/aromatic N) is 3. The molecule has 1 atom stereocenters. The minimum atomic E-state index is -0.551. The Morgan fingerprint density at radius 2 is 1.15 bits per heavy atom. The molecule has 0 aliphatic carbocycles. The second-order valence-corrected chi connectivity index (χ2v) is 9.97. The maximum atomic E-state index is 12.1. The van der Waals surface area contributed by atoms with Gasteiger partial charge < -0.3 is 16.4 Å². The number of rotatable bonds is 23. The summed E-state index contributed by atoms with van der Waals surface area (Å²) < 4.78 is 0. The van der Waals surface area contributed by atoms with Gasteiger partial charge in [0.2, 0.25) is 29.5 Å². The van der Waals surface area contributed by atoms with E-state index in [2.05, 4.69) is 10.6 Å². The fraction of sp³-hybridized carbons (Fsp3) is 0.808. The number of hydroxylamine groups is 6. The van der Waals surface area contributed by atoms with Crippen LogP contribution in [0.1, 0.15) is 90.9 Å². The lowest BCUT2D eigenvalue weighted by molar-refractivity contribution is -0.166. The Labute approximate surface area is 237 Å². The van der Waals surface area contributed by atoms with E-state index in [0.717, 1.165) is 12.8 Å². The summed E-state index contributed by atoms with van der Waals surface area (Å²) in [7, 11) is 0. The topological polar surface area (TPSA) is 206 Å². The van der Waals surface area contributed by atoms with Gasteiger partial charge in [-0.05, 0) is 57.4 Å². The highest BCUT2D eigenvalue weighted by molar-refractivity contribution is 5.83. The number of carbonyl (C=O) groups excluding carboxylic acids is 5. The summed E-state index contributed by atoms with van der Waals surface area (Å²) in [5.74, 6) is -1.96. The van der Waals surface area contributed by atoms with Gasteiger partial charge in [0, 0.05) is 65.3 Å². The Balaban J connectivity index is 3.90. The van der Waals surface area contributed by atoms with Gasteiger partial charge in [0.15, 0.2) is 0 Å². The van der Waals surface area contributed by atoms with E-state index in [1.165, 1.54) is 6.92 Å². The van der Waals surface area contributed by atoms with Crippen LogP contribution in [-0.4, -0.2) is 99.6 Å². The van der Waals surface area contributed by atoms with Crippen LogP contribution in [0.25, 0.3) is 0 Å². The summed E-state index contributed by atoms with van der Waals surface area (Å²) in [6, 6.07) is 0. The number of hydrogen-bond acceptors (Lipinski definition) is 9. The van der Waals surface area contributed by atoms with Gasteiger partial charge in [-0.15, -0.1) is 0 Å². The molecule has 0 bridgehead atoms. The van der Waals surface area contributed by atoms with Crippen LogP contribution in [0.3, 0.4) is 0 Å². The van der Waals surface area contributed by atoms with Gasteiger partial charge in [-0.3, -0.25) is 39.6 Å². The molecule has 5 amide bonds. The zero-order valence-corrected chi connectivity index (χ0v) is 24.1. The number of amides is 5. The van der Waals surface area contributed by atoms with Crippen LogP contribution in [-0.2, 0) is 24.0 Å². The molecule has 14 nitrogen and oxygen atoms in total. The highest BCUT2D eigenvalue weighted by Gasteiger charge is 2.16. The number of unbranched alkanes of at least 4 members (excludes halogenated alkanes) is 4. The SMILES string of the molecule is CC(=O)N(O)CCCCCNC(=O)CCC(=O)N(O)CCC(C)CCNC(=O)CCC(=O)N(O)CCCCCN. The van der Waals surface area contributed by atoms with Crippen molar-refractivity contribution >= 4 is 29.5 Å². The van der Waals surface area contributed by atoms with E-state index in [1.807, 2.05) is 6.92 Å². The van der Waals surface area contributed by atoms with Gasteiger partial charge >= 0.3 is 0 Å². The highest BCUT2D eigenvalue weighted by Crippen LogP contribution is 2.09. The van der Waals surface area contributed by atoms with Crippen molar-refractivity contribution in [3.8, 4) is 0 Å². The van der Waals surface area contributed by atoms with Crippen molar-refractivity contribution in [2.45, 2.75) is 90.9 Å². The first-order chi connectivity index (χ1) is 19.0. The average Bonchev–Trinajstić information content (AvgIpc) is 2.92. The van der Waals surface area contributed by atoms with Crippen LogP contribution in [0.2, 0.25) is 0 Å². The Hall–Kier alpha value is -2.81. The fourth-order valence-corrected chi connectivity index (χ4v) is 3.60. The largest absolute Gasteiger partial charge is 0.356 e. The van der Waals surface area contributed by atoms with E-state index in [-0.39, 0.29) is 63.0 Å². The molecular weight excluding hydrogens is 524 g/mol. The summed E-state index contributed by atoms with van der Waals surface area (Å²) in [6.07, 6.45) is 5.13. The molecule has 0 aromatic rings. The first-order valence-electron chi connectivity index (χ1n) is 14.2. The monoisotopic (exact) mass is 574 g/mol.